The summed E-state index contributed by atoms with van der Waals surface area (Å²) >= 11 is 0. The number of ether oxygens (including phenoxy) is 1. The summed E-state index contributed by atoms with van der Waals surface area (Å²) in [4.78, 5) is 5.62. The highest BCUT2D eigenvalue weighted by atomic mass is 19.4. The number of piperidine rings is 1. The van der Waals surface area contributed by atoms with E-state index in [2.05, 4.69) is 9.72 Å². The number of hydrogen-bond acceptors (Lipinski definition) is 4. The first-order chi connectivity index (χ1) is 10.6. The lowest BCUT2D eigenvalue weighted by Crippen LogP contribution is -2.40. The maximum atomic E-state index is 13.2. The summed E-state index contributed by atoms with van der Waals surface area (Å²) in [6.07, 6.45) is -5.22. The van der Waals surface area contributed by atoms with Gasteiger partial charge in [-0.1, -0.05) is 0 Å². The van der Waals surface area contributed by atoms with Gasteiger partial charge in [0.15, 0.2) is 6.61 Å². The van der Waals surface area contributed by atoms with Crippen LogP contribution in [0.5, 0.6) is 5.75 Å². The van der Waals surface area contributed by atoms with Crippen LogP contribution in [-0.2, 0) is 0 Å². The predicted molar refractivity (Wildman–Crippen MR) is 71.6 cm³/mol. The fraction of sp³-hybridized carbons (Fsp3) is 0.571. The Bertz CT molecular complexity index is 614. The maximum Gasteiger partial charge on any atom is 0.422 e. The second kappa shape index (κ2) is 6.18. The molecule has 0 amide bonds. The fourth-order valence-corrected chi connectivity index (χ4v) is 2.25. The van der Waals surface area contributed by atoms with Crippen molar-refractivity contribution >= 4 is 5.82 Å². The molecule has 23 heavy (non-hydrogen) atoms. The molecule has 0 saturated carbocycles. The summed E-state index contributed by atoms with van der Waals surface area (Å²) in [6, 6.07) is 2.99. The van der Waals surface area contributed by atoms with Crippen molar-refractivity contribution in [3.8, 4) is 11.8 Å². The van der Waals surface area contributed by atoms with E-state index in [1.807, 2.05) is 6.07 Å². The average molecular weight is 335 g/mol. The van der Waals surface area contributed by atoms with Crippen LogP contribution in [0.2, 0.25) is 0 Å². The van der Waals surface area contributed by atoms with Gasteiger partial charge in [-0.15, -0.1) is 0 Å². The van der Waals surface area contributed by atoms with Crippen LogP contribution in [0.4, 0.5) is 27.8 Å². The van der Waals surface area contributed by atoms with Crippen LogP contribution in [0.15, 0.2) is 6.07 Å². The normalized spacial score (nSPS) is 17.7. The van der Waals surface area contributed by atoms with Crippen molar-refractivity contribution < 1.29 is 26.7 Å². The third kappa shape index (κ3) is 4.43. The van der Waals surface area contributed by atoms with Gasteiger partial charge in [0.1, 0.15) is 17.6 Å². The summed E-state index contributed by atoms with van der Waals surface area (Å²) in [6.45, 7) is -0.00165. The number of alkyl halides is 5. The highest BCUT2D eigenvalue weighted by Gasteiger charge is 2.35. The Balaban J connectivity index is 2.22. The van der Waals surface area contributed by atoms with Crippen molar-refractivity contribution in [3.63, 3.8) is 0 Å². The molecule has 1 saturated heterocycles. The molecule has 0 aromatic carbocycles. The number of pyridine rings is 1. The van der Waals surface area contributed by atoms with E-state index in [0.29, 0.717) is 0 Å². The van der Waals surface area contributed by atoms with Crippen LogP contribution in [-0.4, -0.2) is 36.8 Å². The molecule has 1 aliphatic rings. The predicted octanol–water partition coefficient (Wildman–Crippen LogP) is 3.44. The Labute approximate surface area is 129 Å². The van der Waals surface area contributed by atoms with Crippen molar-refractivity contribution in [1.29, 1.82) is 5.26 Å². The second-order valence-corrected chi connectivity index (χ2v) is 5.30. The molecule has 9 heteroatoms. The summed E-state index contributed by atoms with van der Waals surface area (Å²) in [5.41, 5.74) is 0.165. The van der Waals surface area contributed by atoms with E-state index in [4.69, 9.17) is 5.26 Å². The lowest BCUT2D eigenvalue weighted by Gasteiger charge is -2.33. The van der Waals surface area contributed by atoms with Crippen molar-refractivity contribution in [3.05, 3.63) is 17.3 Å². The molecular formula is C14H14F5N3O. The highest BCUT2D eigenvalue weighted by Crippen LogP contribution is 2.33. The van der Waals surface area contributed by atoms with Crippen LogP contribution in [0.25, 0.3) is 0 Å². The van der Waals surface area contributed by atoms with E-state index in [0.717, 1.165) is 6.07 Å². The monoisotopic (exact) mass is 335 g/mol. The molecule has 1 aromatic rings. The first-order valence-corrected chi connectivity index (χ1v) is 6.85. The molecule has 0 spiro atoms. The molecule has 1 aliphatic heterocycles. The summed E-state index contributed by atoms with van der Waals surface area (Å²) in [5, 5.41) is 9.15. The van der Waals surface area contributed by atoms with Gasteiger partial charge in [0.05, 0.1) is 11.3 Å². The van der Waals surface area contributed by atoms with Gasteiger partial charge in [-0.2, -0.15) is 18.4 Å². The Morgan fingerprint density at radius 2 is 1.96 bits per heavy atom. The zero-order valence-electron chi connectivity index (χ0n) is 12.3. The molecule has 0 bridgehead atoms. The Hall–Kier alpha value is -2.11. The number of hydrogen-bond donors (Lipinski definition) is 0. The quantitative estimate of drug-likeness (QED) is 0.794. The topological polar surface area (TPSA) is 49.2 Å². The molecule has 1 fully saturated rings. The zero-order chi connectivity index (χ0) is 17.3. The first kappa shape index (κ1) is 17.2. The number of rotatable bonds is 3. The molecule has 0 aliphatic carbocycles. The van der Waals surface area contributed by atoms with Crippen molar-refractivity contribution in [2.24, 2.45) is 0 Å². The number of aromatic nitrogens is 1. The summed E-state index contributed by atoms with van der Waals surface area (Å²) in [7, 11) is 0. The minimum atomic E-state index is -4.50. The highest BCUT2D eigenvalue weighted by molar-refractivity contribution is 5.57. The second-order valence-electron chi connectivity index (χ2n) is 5.30. The van der Waals surface area contributed by atoms with E-state index in [1.54, 1.807) is 0 Å². The molecule has 126 valence electrons. The van der Waals surface area contributed by atoms with Gasteiger partial charge < -0.3 is 9.64 Å². The fourth-order valence-electron chi connectivity index (χ4n) is 2.25. The minimum Gasteiger partial charge on any atom is -0.482 e. The molecule has 0 atom stereocenters. The van der Waals surface area contributed by atoms with Crippen molar-refractivity contribution in [1.82, 2.24) is 4.98 Å². The van der Waals surface area contributed by atoms with Gasteiger partial charge in [-0.3, -0.25) is 0 Å². The van der Waals surface area contributed by atoms with Gasteiger partial charge in [-0.25, -0.2) is 13.8 Å². The van der Waals surface area contributed by atoms with Crippen LogP contribution in [0.3, 0.4) is 0 Å². The maximum absolute atomic E-state index is 13.2. The number of nitriles is 1. The number of halogens is 5. The van der Waals surface area contributed by atoms with Crippen LogP contribution < -0.4 is 9.64 Å². The van der Waals surface area contributed by atoms with E-state index in [1.165, 1.54) is 11.8 Å². The van der Waals surface area contributed by atoms with Crippen molar-refractivity contribution in [2.75, 3.05) is 24.6 Å². The Morgan fingerprint density at radius 3 is 2.48 bits per heavy atom. The van der Waals surface area contributed by atoms with Crippen LogP contribution in [0.1, 0.15) is 24.1 Å². The Kier molecular flexibility index (Phi) is 4.63. The zero-order valence-corrected chi connectivity index (χ0v) is 12.3. The number of anilines is 1. The van der Waals surface area contributed by atoms with Crippen LogP contribution >= 0.6 is 0 Å². The number of aryl methyl sites for hydroxylation is 1. The van der Waals surface area contributed by atoms with Gasteiger partial charge >= 0.3 is 6.18 Å². The lowest BCUT2D eigenvalue weighted by molar-refractivity contribution is -0.153. The molecular weight excluding hydrogens is 321 g/mol. The van der Waals surface area contributed by atoms with Gasteiger partial charge in [0.2, 0.25) is 0 Å². The van der Waals surface area contributed by atoms with Crippen LogP contribution in [0, 0.1) is 18.3 Å². The molecule has 2 heterocycles. The molecule has 4 nitrogen and oxygen atoms in total. The van der Waals surface area contributed by atoms with E-state index in [-0.39, 0.29) is 48.8 Å². The van der Waals surface area contributed by atoms with Crippen molar-refractivity contribution in [2.45, 2.75) is 31.9 Å². The molecule has 0 unspecified atom stereocenters. The number of nitrogens with zero attached hydrogens (tertiary/aromatic N) is 3. The first-order valence-electron chi connectivity index (χ1n) is 6.85. The largest absolute Gasteiger partial charge is 0.482 e. The average Bonchev–Trinajstić information content (AvgIpc) is 2.45. The summed E-state index contributed by atoms with van der Waals surface area (Å²) < 4.78 is 67.7. The SMILES string of the molecule is Cc1nc(N2CCC(F)(F)CC2)c(C#N)cc1OCC(F)(F)F. The van der Waals surface area contributed by atoms with E-state index < -0.39 is 18.7 Å². The van der Waals surface area contributed by atoms with Gasteiger partial charge in [-0.05, 0) is 6.92 Å². The smallest absolute Gasteiger partial charge is 0.422 e. The van der Waals surface area contributed by atoms with E-state index >= 15 is 0 Å². The van der Waals surface area contributed by atoms with E-state index in [9.17, 15) is 22.0 Å². The molecule has 1 aromatic heterocycles. The molecule has 2 rings (SSSR count). The minimum absolute atomic E-state index is 0.00186. The third-order valence-corrected chi connectivity index (χ3v) is 3.45. The third-order valence-electron chi connectivity index (χ3n) is 3.45. The molecule has 0 radical (unpaired) electrons. The summed E-state index contributed by atoms with van der Waals surface area (Å²) in [5.74, 6) is -2.70. The van der Waals surface area contributed by atoms with Gasteiger partial charge in [0.25, 0.3) is 5.92 Å². The standard InChI is InChI=1S/C14H14F5N3O/c1-9-11(23-8-14(17,18)19)6-10(7-20)12(21-9)22-4-2-13(15,16)3-5-22/h6H,2-5,8H2,1H3. The van der Waals surface area contributed by atoms with Gasteiger partial charge in [0, 0.05) is 32.0 Å². The molecule has 0 N–H and O–H groups in total. The Morgan fingerprint density at radius 1 is 1.35 bits per heavy atom. The lowest BCUT2D eigenvalue weighted by atomic mass is 10.1.